The first-order valence-electron chi connectivity index (χ1n) is 5.97. The molecule has 2 N–H and O–H groups in total. The molecule has 0 aliphatic heterocycles. The van der Waals surface area contributed by atoms with Crippen molar-refractivity contribution in [3.63, 3.8) is 0 Å². The minimum atomic E-state index is 0.245. The van der Waals surface area contributed by atoms with Gasteiger partial charge in [-0.15, -0.1) is 0 Å². The lowest BCUT2D eigenvalue weighted by molar-refractivity contribution is 0.475. The Kier molecular flexibility index (Phi) is 4.02. The van der Waals surface area contributed by atoms with Gasteiger partial charge in [-0.25, -0.2) is 0 Å². The van der Waals surface area contributed by atoms with Crippen LogP contribution in [0, 0.1) is 6.92 Å². The Labute approximate surface area is 118 Å². The molecule has 2 aromatic carbocycles. The van der Waals surface area contributed by atoms with Crippen LogP contribution < -0.4 is 10.2 Å². The van der Waals surface area contributed by atoms with E-state index in [4.69, 9.17) is 12.2 Å². The Morgan fingerprint density at radius 2 is 1.74 bits per heavy atom. The summed E-state index contributed by atoms with van der Waals surface area (Å²) in [6.45, 7) is 2.03. The molecule has 0 aromatic heterocycles. The average Bonchev–Trinajstić information content (AvgIpc) is 2.41. The molecule has 0 spiro atoms. The minimum Gasteiger partial charge on any atom is -0.508 e. The SMILES string of the molecule is Cc1ccccc1NC(=S)N(C)c1ccc(O)cc1. The van der Waals surface area contributed by atoms with E-state index in [0.717, 1.165) is 16.9 Å². The molecular weight excluding hydrogens is 256 g/mol. The summed E-state index contributed by atoms with van der Waals surface area (Å²) in [4.78, 5) is 1.86. The molecule has 0 saturated heterocycles. The van der Waals surface area contributed by atoms with Crippen LogP contribution in [-0.4, -0.2) is 17.3 Å². The monoisotopic (exact) mass is 272 g/mol. The number of rotatable bonds is 2. The van der Waals surface area contributed by atoms with Crippen LogP contribution in [-0.2, 0) is 0 Å². The molecule has 0 aliphatic carbocycles. The van der Waals surface area contributed by atoms with Crippen molar-refractivity contribution in [1.82, 2.24) is 0 Å². The van der Waals surface area contributed by atoms with Crippen LogP contribution >= 0.6 is 12.2 Å². The molecule has 0 unspecified atom stereocenters. The Hall–Kier alpha value is -2.07. The van der Waals surface area contributed by atoms with Crippen molar-refractivity contribution in [1.29, 1.82) is 0 Å². The first-order valence-corrected chi connectivity index (χ1v) is 6.38. The van der Waals surface area contributed by atoms with Gasteiger partial charge in [-0.2, -0.15) is 0 Å². The summed E-state index contributed by atoms with van der Waals surface area (Å²) in [6.07, 6.45) is 0. The molecule has 2 rings (SSSR count). The van der Waals surface area contributed by atoms with Gasteiger partial charge in [0, 0.05) is 18.4 Å². The van der Waals surface area contributed by atoms with E-state index in [0.29, 0.717) is 5.11 Å². The highest BCUT2D eigenvalue weighted by Gasteiger charge is 2.08. The fraction of sp³-hybridized carbons (Fsp3) is 0.133. The van der Waals surface area contributed by atoms with Crippen molar-refractivity contribution >= 4 is 28.7 Å². The highest BCUT2D eigenvalue weighted by atomic mass is 32.1. The number of nitrogens with zero attached hydrogens (tertiary/aromatic N) is 1. The number of hydrogen-bond donors (Lipinski definition) is 2. The number of aryl methyl sites for hydroxylation is 1. The van der Waals surface area contributed by atoms with Gasteiger partial charge in [-0.05, 0) is 55.0 Å². The van der Waals surface area contributed by atoms with Gasteiger partial charge in [-0.1, -0.05) is 18.2 Å². The normalized spacial score (nSPS) is 10.0. The minimum absolute atomic E-state index is 0.245. The van der Waals surface area contributed by atoms with E-state index in [1.807, 2.05) is 55.3 Å². The highest BCUT2D eigenvalue weighted by molar-refractivity contribution is 7.80. The fourth-order valence-corrected chi connectivity index (χ4v) is 1.92. The number of aromatic hydroxyl groups is 1. The Balaban J connectivity index is 2.12. The van der Waals surface area contributed by atoms with Gasteiger partial charge in [0.1, 0.15) is 5.75 Å². The zero-order valence-corrected chi connectivity index (χ0v) is 11.7. The molecule has 4 heteroatoms. The summed E-state index contributed by atoms with van der Waals surface area (Å²) >= 11 is 5.39. The van der Waals surface area contributed by atoms with Crippen molar-refractivity contribution in [2.24, 2.45) is 0 Å². The third-order valence-electron chi connectivity index (χ3n) is 2.93. The number of thiocarbonyl (C=S) groups is 1. The van der Waals surface area contributed by atoms with E-state index in [2.05, 4.69) is 5.32 Å². The highest BCUT2D eigenvalue weighted by Crippen LogP contribution is 2.19. The molecular formula is C15H16N2OS. The molecule has 0 amide bonds. The average molecular weight is 272 g/mol. The van der Waals surface area contributed by atoms with Crippen LogP contribution in [0.15, 0.2) is 48.5 Å². The molecule has 0 aliphatic rings. The number of hydrogen-bond acceptors (Lipinski definition) is 2. The molecule has 98 valence electrons. The van der Waals surface area contributed by atoms with Gasteiger partial charge in [0.25, 0.3) is 0 Å². The van der Waals surface area contributed by atoms with Gasteiger partial charge < -0.3 is 15.3 Å². The summed E-state index contributed by atoms with van der Waals surface area (Å²) in [7, 11) is 1.89. The maximum atomic E-state index is 9.28. The summed E-state index contributed by atoms with van der Waals surface area (Å²) < 4.78 is 0. The summed E-state index contributed by atoms with van der Waals surface area (Å²) in [5.41, 5.74) is 3.06. The maximum absolute atomic E-state index is 9.28. The number of para-hydroxylation sites is 1. The fourth-order valence-electron chi connectivity index (χ4n) is 1.71. The zero-order valence-electron chi connectivity index (χ0n) is 10.9. The summed E-state index contributed by atoms with van der Waals surface area (Å²) in [5, 5.41) is 13.1. The van der Waals surface area contributed by atoms with Crippen LogP contribution in [0.3, 0.4) is 0 Å². The maximum Gasteiger partial charge on any atom is 0.177 e. The lowest BCUT2D eigenvalue weighted by Gasteiger charge is -2.22. The van der Waals surface area contributed by atoms with Gasteiger partial charge in [0.05, 0.1) is 0 Å². The van der Waals surface area contributed by atoms with E-state index in [1.54, 1.807) is 12.1 Å². The van der Waals surface area contributed by atoms with E-state index in [-0.39, 0.29) is 5.75 Å². The largest absolute Gasteiger partial charge is 0.508 e. The molecule has 0 bridgehead atoms. The first kappa shape index (κ1) is 13.4. The van der Waals surface area contributed by atoms with Crippen LogP contribution in [0.25, 0.3) is 0 Å². The van der Waals surface area contributed by atoms with Gasteiger partial charge in [-0.3, -0.25) is 0 Å². The van der Waals surface area contributed by atoms with Crippen LogP contribution in [0.1, 0.15) is 5.56 Å². The topological polar surface area (TPSA) is 35.5 Å². The molecule has 0 fully saturated rings. The zero-order chi connectivity index (χ0) is 13.8. The standard InChI is InChI=1S/C15H16N2OS/c1-11-5-3-4-6-14(11)16-15(19)17(2)12-7-9-13(18)10-8-12/h3-10,18H,1-2H3,(H,16,19). The smallest absolute Gasteiger partial charge is 0.177 e. The van der Waals surface area contributed by atoms with Crippen molar-refractivity contribution < 1.29 is 5.11 Å². The molecule has 19 heavy (non-hydrogen) atoms. The lowest BCUT2D eigenvalue weighted by Crippen LogP contribution is -2.31. The van der Waals surface area contributed by atoms with Crippen molar-refractivity contribution in [2.75, 3.05) is 17.3 Å². The first-order chi connectivity index (χ1) is 9.08. The van der Waals surface area contributed by atoms with E-state index in [1.165, 1.54) is 0 Å². The summed E-state index contributed by atoms with van der Waals surface area (Å²) in [5.74, 6) is 0.245. The Bertz CT molecular complexity index is 581. The number of anilines is 2. The number of benzene rings is 2. The van der Waals surface area contributed by atoms with Gasteiger partial charge in [0.2, 0.25) is 0 Å². The third kappa shape index (κ3) is 3.23. The van der Waals surface area contributed by atoms with E-state index >= 15 is 0 Å². The quantitative estimate of drug-likeness (QED) is 0.820. The second-order valence-corrected chi connectivity index (χ2v) is 4.71. The molecule has 3 nitrogen and oxygen atoms in total. The predicted octanol–water partition coefficient (Wildman–Crippen LogP) is 3.53. The second kappa shape index (κ2) is 5.71. The second-order valence-electron chi connectivity index (χ2n) is 4.32. The molecule has 2 aromatic rings. The van der Waals surface area contributed by atoms with Crippen molar-refractivity contribution in [3.05, 3.63) is 54.1 Å². The van der Waals surface area contributed by atoms with Crippen LogP contribution in [0.5, 0.6) is 5.75 Å². The Morgan fingerprint density at radius 3 is 2.37 bits per heavy atom. The molecule has 0 radical (unpaired) electrons. The molecule has 0 atom stereocenters. The summed E-state index contributed by atoms with van der Waals surface area (Å²) in [6, 6.07) is 14.9. The van der Waals surface area contributed by atoms with Crippen molar-refractivity contribution in [3.8, 4) is 5.75 Å². The molecule has 0 heterocycles. The van der Waals surface area contributed by atoms with Crippen LogP contribution in [0.4, 0.5) is 11.4 Å². The van der Waals surface area contributed by atoms with Gasteiger partial charge >= 0.3 is 0 Å². The van der Waals surface area contributed by atoms with Crippen molar-refractivity contribution in [2.45, 2.75) is 6.92 Å². The lowest BCUT2D eigenvalue weighted by atomic mass is 10.2. The Morgan fingerprint density at radius 1 is 1.11 bits per heavy atom. The third-order valence-corrected chi connectivity index (χ3v) is 3.30. The molecule has 0 saturated carbocycles. The van der Waals surface area contributed by atoms with E-state index in [9.17, 15) is 5.11 Å². The predicted molar refractivity (Wildman–Crippen MR) is 83.9 cm³/mol. The number of phenolic OH excluding ortho intramolecular Hbond substituents is 1. The van der Waals surface area contributed by atoms with E-state index < -0.39 is 0 Å². The van der Waals surface area contributed by atoms with Crippen LogP contribution in [0.2, 0.25) is 0 Å². The van der Waals surface area contributed by atoms with Gasteiger partial charge in [0.15, 0.2) is 5.11 Å². The number of phenols is 1. The number of nitrogens with one attached hydrogen (secondary N) is 1.